The topological polar surface area (TPSA) is 114 Å². The predicted octanol–water partition coefficient (Wildman–Crippen LogP) is 7.05. The van der Waals surface area contributed by atoms with Crippen molar-refractivity contribution in [3.8, 4) is 0 Å². The number of rotatable bonds is 8. The highest BCUT2D eigenvalue weighted by Gasteiger charge is 2.40. The first-order chi connectivity index (χ1) is 24.6. The van der Waals surface area contributed by atoms with Gasteiger partial charge in [0.05, 0.1) is 22.5 Å². The van der Waals surface area contributed by atoms with E-state index < -0.39 is 36.7 Å². The Balaban J connectivity index is 1.16. The predicted molar refractivity (Wildman–Crippen MR) is 211 cm³/mol. The number of likely N-dealkylation sites (tertiary alicyclic amines) is 3. The molecule has 0 radical (unpaired) electrons. The van der Waals surface area contributed by atoms with E-state index in [4.69, 9.17) is 5.73 Å². The SMILES string of the molecule is CN1CCC(C2CCN(C(=O)[C@@H](Cc3cc(C(F)(F)I)c(N)c(C(F)(F)I)c3)NC(=O)N3CCC(N4CCc5cscc5NC4=O)CC3)CC2)CC1. The van der Waals surface area contributed by atoms with Crippen molar-refractivity contribution < 1.29 is 31.9 Å². The van der Waals surface area contributed by atoms with Gasteiger partial charge in [0.1, 0.15) is 6.04 Å². The molecule has 0 unspecified atom stereocenters. The quantitative estimate of drug-likeness (QED) is 0.114. The monoisotopic (exact) mass is 973 g/mol. The molecule has 0 aliphatic carbocycles. The number of carbonyl (C=O) groups is 3. The zero-order valence-electron chi connectivity index (χ0n) is 29.0. The number of amides is 5. The second-order valence-corrected chi connectivity index (χ2v) is 18.0. The molecule has 4 aliphatic rings. The molecule has 1 atom stereocenters. The van der Waals surface area contributed by atoms with Crippen LogP contribution in [0.4, 0.5) is 38.5 Å². The molecular weight excluding hydrogens is 928 g/mol. The highest BCUT2D eigenvalue weighted by atomic mass is 127. The van der Waals surface area contributed by atoms with Crippen LogP contribution in [0.3, 0.4) is 0 Å². The molecule has 5 heterocycles. The highest BCUT2D eigenvalue weighted by molar-refractivity contribution is 14.1. The number of piperidine rings is 3. The number of fused-ring (bicyclic) bond motifs is 1. The van der Waals surface area contributed by atoms with Gasteiger partial charge in [-0.2, -0.15) is 17.6 Å². The number of urea groups is 2. The Kier molecular flexibility index (Phi) is 12.4. The maximum atomic E-state index is 14.7. The Morgan fingerprint density at radius 2 is 1.46 bits per heavy atom. The second-order valence-electron chi connectivity index (χ2n) is 14.5. The molecule has 1 aromatic heterocycles. The normalized spacial score (nSPS) is 21.1. The minimum absolute atomic E-state index is 0.0472. The minimum Gasteiger partial charge on any atom is -0.398 e. The van der Waals surface area contributed by atoms with E-state index in [0.29, 0.717) is 57.4 Å². The van der Waals surface area contributed by atoms with Gasteiger partial charge in [0.2, 0.25) is 5.91 Å². The summed E-state index contributed by atoms with van der Waals surface area (Å²) in [5.74, 6) is 0.710. The van der Waals surface area contributed by atoms with E-state index in [2.05, 4.69) is 22.6 Å². The van der Waals surface area contributed by atoms with Gasteiger partial charge in [-0.25, -0.2) is 9.59 Å². The molecule has 52 heavy (non-hydrogen) atoms. The summed E-state index contributed by atoms with van der Waals surface area (Å²) in [5.41, 5.74) is 5.59. The summed E-state index contributed by atoms with van der Waals surface area (Å²) in [4.78, 5) is 48.4. The van der Waals surface area contributed by atoms with Crippen LogP contribution in [-0.2, 0) is 25.5 Å². The first-order valence-corrected chi connectivity index (χ1v) is 20.9. The van der Waals surface area contributed by atoms with Gasteiger partial charge >= 0.3 is 19.9 Å². The third kappa shape index (κ3) is 9.21. The zero-order chi connectivity index (χ0) is 37.4. The number of carbonyl (C=O) groups excluding carboxylic acids is 3. The Labute approximate surface area is 332 Å². The molecule has 286 valence electrons. The van der Waals surface area contributed by atoms with Gasteiger partial charge in [-0.1, -0.05) is 0 Å². The fourth-order valence-corrected chi connectivity index (χ4v) is 9.89. The smallest absolute Gasteiger partial charge is 0.323 e. The minimum atomic E-state index is -3.55. The van der Waals surface area contributed by atoms with Crippen LogP contribution in [0.25, 0.3) is 0 Å². The summed E-state index contributed by atoms with van der Waals surface area (Å²) < 4.78 is 51.5. The Hall–Kier alpha value is -2.13. The molecule has 0 spiro atoms. The van der Waals surface area contributed by atoms with Crippen LogP contribution in [0.5, 0.6) is 0 Å². The van der Waals surface area contributed by atoms with Crippen molar-refractivity contribution in [1.82, 2.24) is 24.9 Å². The van der Waals surface area contributed by atoms with Crippen molar-refractivity contribution in [2.75, 3.05) is 63.9 Å². The molecule has 0 saturated carbocycles. The maximum absolute atomic E-state index is 14.7. The lowest BCUT2D eigenvalue weighted by Gasteiger charge is -2.41. The summed E-state index contributed by atoms with van der Waals surface area (Å²) in [7, 11) is 2.12. The number of nitrogens with two attached hydrogens (primary N) is 1. The molecule has 5 amide bonds. The third-order valence-corrected chi connectivity index (χ3v) is 13.2. The average molecular weight is 974 g/mol. The van der Waals surface area contributed by atoms with E-state index >= 15 is 0 Å². The summed E-state index contributed by atoms with van der Waals surface area (Å²) in [5, 5.41) is 9.80. The van der Waals surface area contributed by atoms with E-state index in [9.17, 15) is 31.9 Å². The molecule has 1 aromatic carbocycles. The van der Waals surface area contributed by atoms with Crippen LogP contribution in [0, 0.1) is 11.8 Å². The molecule has 3 saturated heterocycles. The van der Waals surface area contributed by atoms with Gasteiger partial charge in [-0.05, 0) is 106 Å². The van der Waals surface area contributed by atoms with Crippen LogP contribution in [0.15, 0.2) is 22.9 Å². The van der Waals surface area contributed by atoms with E-state index in [1.807, 2.05) is 15.7 Å². The first kappa shape index (κ1) is 39.6. The number of halogens is 6. The number of thiophene rings is 1. The molecule has 6 rings (SSSR count). The van der Waals surface area contributed by atoms with Crippen molar-refractivity contribution in [3.63, 3.8) is 0 Å². The van der Waals surface area contributed by atoms with E-state index in [0.717, 1.165) is 114 Å². The zero-order valence-corrected chi connectivity index (χ0v) is 34.1. The number of nitrogen functional groups attached to an aromatic ring is 1. The van der Waals surface area contributed by atoms with Crippen LogP contribution < -0.4 is 16.4 Å². The molecule has 10 nitrogen and oxygen atoms in total. The van der Waals surface area contributed by atoms with Gasteiger partial charge in [-0.15, -0.1) is 11.3 Å². The number of hydrogen-bond donors (Lipinski definition) is 3. The number of benzene rings is 1. The number of hydrogen-bond acceptors (Lipinski definition) is 6. The fourth-order valence-electron chi connectivity index (χ4n) is 8.17. The molecule has 4 aliphatic heterocycles. The highest BCUT2D eigenvalue weighted by Crippen LogP contribution is 2.46. The first-order valence-electron chi connectivity index (χ1n) is 17.8. The van der Waals surface area contributed by atoms with Crippen molar-refractivity contribution in [2.45, 2.75) is 71.3 Å². The Morgan fingerprint density at radius 3 is 2.04 bits per heavy atom. The summed E-state index contributed by atoms with van der Waals surface area (Å²) >= 11 is 3.27. The summed E-state index contributed by atoms with van der Waals surface area (Å²) in [6, 6.07) is 0.190. The van der Waals surface area contributed by atoms with E-state index in [1.54, 1.807) is 21.1 Å². The lowest BCUT2D eigenvalue weighted by atomic mass is 9.79. The number of nitrogens with zero attached hydrogens (tertiary/aromatic N) is 4. The largest absolute Gasteiger partial charge is 0.398 e. The molecular formula is C35H45F4I2N7O3S. The standard InChI is InChI=1S/C35H45F4I2N7O3S/c1-45-9-2-22(3-10-45)23-4-11-46(12-5-23)31(49)28(18-21-16-26(34(36,37)40)30(42)27(17-21)35(38,39)41)43-32(50)47-13-7-25(8-14-47)48-15-6-24-19-52-20-29(24)44-33(48)51/h16-17,19-20,22-23,25,28H,2-15,18,42H2,1H3,(H,43,50)(H,44,51)/t28-/m1/s1. The van der Waals surface area contributed by atoms with Crippen LogP contribution in [0.1, 0.15) is 60.8 Å². The Bertz CT molecular complexity index is 1580. The maximum Gasteiger partial charge on any atom is 0.323 e. The molecule has 17 heteroatoms. The fraction of sp³-hybridized carbons (Fsp3) is 0.629. The van der Waals surface area contributed by atoms with Gasteiger partial charge in [0.25, 0.3) is 0 Å². The van der Waals surface area contributed by atoms with Gasteiger partial charge < -0.3 is 36.0 Å². The average Bonchev–Trinajstić information content (AvgIpc) is 3.47. The van der Waals surface area contributed by atoms with Crippen molar-refractivity contribution in [1.29, 1.82) is 0 Å². The van der Waals surface area contributed by atoms with Crippen molar-refractivity contribution in [3.05, 3.63) is 45.1 Å². The Morgan fingerprint density at radius 1 is 0.904 bits per heavy atom. The lowest BCUT2D eigenvalue weighted by molar-refractivity contribution is -0.135. The third-order valence-electron chi connectivity index (χ3n) is 11.2. The van der Waals surface area contributed by atoms with Crippen LogP contribution >= 0.6 is 56.5 Å². The lowest BCUT2D eigenvalue weighted by Crippen LogP contribution is -2.57. The molecule has 4 N–H and O–H groups in total. The van der Waals surface area contributed by atoms with Crippen molar-refractivity contribution >= 4 is 85.9 Å². The summed E-state index contributed by atoms with van der Waals surface area (Å²) in [6.45, 7) is 4.32. The van der Waals surface area contributed by atoms with Gasteiger partial charge in [0, 0.05) is 95.7 Å². The number of anilines is 2. The van der Waals surface area contributed by atoms with Crippen LogP contribution in [0.2, 0.25) is 0 Å². The number of nitrogens with one attached hydrogen (secondary N) is 2. The molecule has 3 fully saturated rings. The summed E-state index contributed by atoms with van der Waals surface area (Å²) in [6.07, 6.45) is 5.42. The van der Waals surface area contributed by atoms with Gasteiger partial charge in [-0.3, -0.25) is 4.79 Å². The molecule has 2 aromatic rings. The van der Waals surface area contributed by atoms with E-state index in [1.165, 1.54) is 0 Å². The van der Waals surface area contributed by atoms with E-state index in [-0.39, 0.29) is 30.0 Å². The van der Waals surface area contributed by atoms with Gasteiger partial charge in [0.15, 0.2) is 0 Å². The number of alkyl halides is 6. The molecule has 0 bridgehead atoms. The van der Waals surface area contributed by atoms with Crippen LogP contribution in [-0.4, -0.2) is 103 Å². The second kappa shape index (κ2) is 16.3. The van der Waals surface area contributed by atoms with Crippen molar-refractivity contribution in [2.24, 2.45) is 11.8 Å².